The molecule has 1 nitrogen and oxygen atoms in total. The van der Waals surface area contributed by atoms with Gasteiger partial charge in [0.25, 0.3) is 0 Å². The van der Waals surface area contributed by atoms with Crippen molar-refractivity contribution < 1.29 is 4.74 Å². The lowest BCUT2D eigenvalue weighted by atomic mass is 9.89. The molecule has 0 unspecified atom stereocenters. The van der Waals surface area contributed by atoms with E-state index in [4.69, 9.17) is 4.74 Å². The highest BCUT2D eigenvalue weighted by Gasteiger charge is 2.39. The average Bonchev–Trinajstić information content (AvgIpc) is 2.97. The largest absolute Gasteiger partial charge is 0.374 e. The summed E-state index contributed by atoms with van der Waals surface area (Å²) in [6.45, 7) is 8.78. The van der Waals surface area contributed by atoms with Crippen LogP contribution in [0.5, 0.6) is 0 Å². The van der Waals surface area contributed by atoms with Crippen LogP contribution in [0.25, 0.3) is 0 Å². The van der Waals surface area contributed by atoms with E-state index >= 15 is 0 Å². The lowest BCUT2D eigenvalue weighted by Gasteiger charge is -2.25. The van der Waals surface area contributed by atoms with Crippen LogP contribution in [0.1, 0.15) is 50.3 Å². The predicted octanol–water partition coefficient (Wildman–Crippen LogP) is 3.93. The van der Waals surface area contributed by atoms with Crippen molar-refractivity contribution >= 4 is 0 Å². The Kier molecular flexibility index (Phi) is 2.62. The molecule has 1 aliphatic rings. The summed E-state index contributed by atoms with van der Waals surface area (Å²) in [5, 5.41) is 0. The first-order valence-electron chi connectivity index (χ1n) is 6.05. The summed E-state index contributed by atoms with van der Waals surface area (Å²) in [7, 11) is 1.78. The highest BCUT2D eigenvalue weighted by atomic mass is 16.5. The molecule has 0 spiro atoms. The molecule has 1 aliphatic carbocycles. The van der Waals surface area contributed by atoms with Gasteiger partial charge in [-0.05, 0) is 50.2 Å². The molecule has 0 aliphatic heterocycles. The van der Waals surface area contributed by atoms with Crippen LogP contribution in [0.4, 0.5) is 0 Å². The number of rotatable bonds is 3. The molecule has 1 aromatic carbocycles. The van der Waals surface area contributed by atoms with Gasteiger partial charge in [-0.1, -0.05) is 30.7 Å². The van der Waals surface area contributed by atoms with Gasteiger partial charge in [0.15, 0.2) is 0 Å². The minimum absolute atomic E-state index is 0.188. The second-order valence-corrected chi connectivity index (χ2v) is 5.86. The maximum atomic E-state index is 5.57. The first kappa shape index (κ1) is 11.7. The van der Waals surface area contributed by atoms with Crippen molar-refractivity contribution in [2.45, 2.75) is 51.6 Å². The van der Waals surface area contributed by atoms with Crippen molar-refractivity contribution in [1.29, 1.82) is 0 Å². The second-order valence-electron chi connectivity index (χ2n) is 5.86. The van der Waals surface area contributed by atoms with Crippen LogP contribution in [0.2, 0.25) is 0 Å². The zero-order valence-electron chi connectivity index (χ0n) is 11.1. The van der Waals surface area contributed by atoms with Crippen molar-refractivity contribution in [2.75, 3.05) is 7.11 Å². The van der Waals surface area contributed by atoms with Gasteiger partial charge in [-0.2, -0.15) is 0 Å². The number of methoxy groups -OCH3 is 1. The number of benzene rings is 1. The minimum Gasteiger partial charge on any atom is -0.374 e. The van der Waals surface area contributed by atoms with E-state index in [0.29, 0.717) is 5.41 Å². The summed E-state index contributed by atoms with van der Waals surface area (Å²) in [5.41, 5.74) is 4.35. The van der Waals surface area contributed by atoms with Gasteiger partial charge in [-0.15, -0.1) is 0 Å². The molecule has 88 valence electrons. The molecule has 2 rings (SSSR count). The monoisotopic (exact) mass is 218 g/mol. The Morgan fingerprint density at radius 3 is 2.31 bits per heavy atom. The van der Waals surface area contributed by atoms with Crippen molar-refractivity contribution in [2.24, 2.45) is 0 Å². The Balaban J connectivity index is 2.44. The molecule has 0 heterocycles. The number of ether oxygens (including phenoxy) is 1. The molecule has 0 amide bonds. The van der Waals surface area contributed by atoms with Gasteiger partial charge in [0.2, 0.25) is 0 Å². The summed E-state index contributed by atoms with van der Waals surface area (Å²) in [4.78, 5) is 0. The van der Waals surface area contributed by atoms with Gasteiger partial charge in [0.1, 0.15) is 0 Å². The number of hydrogen-bond acceptors (Lipinski definition) is 1. The second kappa shape index (κ2) is 3.59. The van der Waals surface area contributed by atoms with E-state index < -0.39 is 0 Å². The van der Waals surface area contributed by atoms with Gasteiger partial charge in [-0.3, -0.25) is 0 Å². The number of aryl methyl sites for hydroxylation is 1. The summed E-state index contributed by atoms with van der Waals surface area (Å²) >= 11 is 0. The van der Waals surface area contributed by atoms with Crippen LogP contribution in [-0.4, -0.2) is 7.11 Å². The number of hydrogen-bond donors (Lipinski definition) is 0. The van der Waals surface area contributed by atoms with Crippen LogP contribution in [0, 0.1) is 6.92 Å². The minimum atomic E-state index is -0.188. The molecule has 1 aromatic rings. The third-order valence-corrected chi connectivity index (χ3v) is 3.98. The Hall–Kier alpha value is -0.820. The van der Waals surface area contributed by atoms with Gasteiger partial charge >= 0.3 is 0 Å². The zero-order chi connectivity index (χ0) is 12.0. The van der Waals surface area contributed by atoms with Crippen molar-refractivity contribution in [1.82, 2.24) is 0 Å². The van der Waals surface area contributed by atoms with Crippen LogP contribution < -0.4 is 0 Å². The Bertz CT molecular complexity index is 400. The van der Waals surface area contributed by atoms with E-state index in [9.17, 15) is 0 Å². The van der Waals surface area contributed by atoms with Crippen molar-refractivity contribution in [3.63, 3.8) is 0 Å². The van der Waals surface area contributed by atoms with Gasteiger partial charge in [-0.25, -0.2) is 0 Å². The van der Waals surface area contributed by atoms with Gasteiger partial charge in [0, 0.05) is 7.11 Å². The molecule has 0 aromatic heterocycles. The fourth-order valence-electron chi connectivity index (χ4n) is 2.07. The van der Waals surface area contributed by atoms with Crippen LogP contribution in [0.15, 0.2) is 18.2 Å². The molecule has 0 radical (unpaired) electrons. The smallest absolute Gasteiger partial charge is 0.0871 e. The molecular weight excluding hydrogens is 196 g/mol. The van der Waals surface area contributed by atoms with Crippen LogP contribution in [0.3, 0.4) is 0 Å². The molecule has 0 atom stereocenters. The Morgan fingerprint density at radius 2 is 1.81 bits per heavy atom. The third-order valence-electron chi connectivity index (χ3n) is 3.98. The third kappa shape index (κ3) is 2.01. The molecule has 1 heteroatoms. The maximum absolute atomic E-state index is 5.57. The van der Waals surface area contributed by atoms with E-state index in [1.807, 2.05) is 0 Å². The molecular formula is C15H22O. The summed E-state index contributed by atoms with van der Waals surface area (Å²) in [6, 6.07) is 6.88. The fraction of sp³-hybridized carbons (Fsp3) is 0.600. The summed E-state index contributed by atoms with van der Waals surface area (Å²) < 4.78 is 5.57. The zero-order valence-corrected chi connectivity index (χ0v) is 11.1. The normalized spacial score (nSPS) is 18.6. The molecule has 1 fully saturated rings. The molecule has 1 saturated carbocycles. The summed E-state index contributed by atoms with van der Waals surface area (Å²) in [5.74, 6) is 0. The topological polar surface area (TPSA) is 9.23 Å². The standard InChI is InChI=1S/C15H22O/c1-11-8-12(14(2,3)16-5)10-13(9-11)15(4)6-7-15/h8-10H,6-7H2,1-5H3. The first-order valence-corrected chi connectivity index (χ1v) is 6.05. The summed E-state index contributed by atoms with van der Waals surface area (Å²) in [6.07, 6.45) is 2.65. The van der Waals surface area contributed by atoms with E-state index in [1.54, 1.807) is 7.11 Å². The van der Waals surface area contributed by atoms with E-state index in [-0.39, 0.29) is 5.60 Å². The highest BCUT2D eigenvalue weighted by molar-refractivity contribution is 5.39. The Labute approximate surface area is 98.8 Å². The van der Waals surface area contributed by atoms with Gasteiger partial charge < -0.3 is 4.74 Å². The van der Waals surface area contributed by atoms with Crippen LogP contribution in [-0.2, 0) is 15.8 Å². The molecule has 16 heavy (non-hydrogen) atoms. The van der Waals surface area contributed by atoms with E-state index in [0.717, 1.165) is 0 Å². The van der Waals surface area contributed by atoms with Crippen molar-refractivity contribution in [3.8, 4) is 0 Å². The average molecular weight is 218 g/mol. The maximum Gasteiger partial charge on any atom is 0.0871 e. The molecule has 0 N–H and O–H groups in total. The quantitative estimate of drug-likeness (QED) is 0.747. The molecule has 0 saturated heterocycles. The molecule has 0 bridgehead atoms. The first-order chi connectivity index (χ1) is 7.37. The fourth-order valence-corrected chi connectivity index (χ4v) is 2.07. The predicted molar refractivity (Wildman–Crippen MR) is 67.8 cm³/mol. The Morgan fingerprint density at radius 1 is 1.19 bits per heavy atom. The van der Waals surface area contributed by atoms with Gasteiger partial charge in [0.05, 0.1) is 5.60 Å². The van der Waals surface area contributed by atoms with E-state index in [1.165, 1.54) is 29.5 Å². The SMILES string of the molecule is COC(C)(C)c1cc(C)cc(C2(C)CC2)c1. The lowest BCUT2D eigenvalue weighted by molar-refractivity contribution is 0.0191. The van der Waals surface area contributed by atoms with Crippen LogP contribution >= 0.6 is 0 Å². The van der Waals surface area contributed by atoms with Crippen molar-refractivity contribution in [3.05, 3.63) is 34.9 Å². The lowest BCUT2D eigenvalue weighted by Crippen LogP contribution is -2.20. The highest BCUT2D eigenvalue weighted by Crippen LogP contribution is 2.48. The van der Waals surface area contributed by atoms with E-state index in [2.05, 4.69) is 45.9 Å².